The van der Waals surface area contributed by atoms with E-state index in [1.54, 1.807) is 4.90 Å². The third kappa shape index (κ3) is 2.11. The lowest BCUT2D eigenvalue weighted by Crippen LogP contribution is -2.56. The molecule has 0 aromatic carbocycles. The molecule has 2 heterocycles. The maximum atomic E-state index is 12.4. The van der Waals surface area contributed by atoms with Crippen LogP contribution in [-0.4, -0.2) is 46.6 Å². The molecule has 0 saturated carbocycles. The smallest absolute Gasteiger partial charge is 0.329 e. The first-order valence-corrected chi connectivity index (χ1v) is 6.90. The van der Waals surface area contributed by atoms with E-state index in [9.17, 15) is 14.7 Å². The first kappa shape index (κ1) is 13.3. The molecule has 102 valence electrons. The van der Waals surface area contributed by atoms with Crippen LogP contribution in [0.3, 0.4) is 0 Å². The van der Waals surface area contributed by atoms with Gasteiger partial charge in [0, 0.05) is 6.54 Å². The van der Waals surface area contributed by atoms with Crippen LogP contribution in [0.15, 0.2) is 0 Å². The van der Waals surface area contributed by atoms with Crippen molar-refractivity contribution in [1.29, 1.82) is 0 Å². The Balaban J connectivity index is 2.18. The Morgan fingerprint density at radius 3 is 2.78 bits per heavy atom. The summed E-state index contributed by atoms with van der Waals surface area (Å²) in [5, 5.41) is 12.7. The maximum Gasteiger partial charge on any atom is 0.329 e. The van der Waals surface area contributed by atoms with Crippen molar-refractivity contribution in [3.05, 3.63) is 0 Å². The summed E-state index contributed by atoms with van der Waals surface area (Å²) in [4.78, 5) is 25.7. The number of hydrogen-bond acceptors (Lipinski definition) is 3. The number of carboxylic acid groups (broad SMARTS) is 1. The number of rotatable bonds is 4. The van der Waals surface area contributed by atoms with Crippen LogP contribution in [-0.2, 0) is 9.59 Å². The topological polar surface area (TPSA) is 69.6 Å². The summed E-state index contributed by atoms with van der Waals surface area (Å²) >= 11 is 0. The second-order valence-corrected chi connectivity index (χ2v) is 5.33. The van der Waals surface area contributed by atoms with E-state index < -0.39 is 11.5 Å². The Labute approximate surface area is 108 Å². The third-order valence-electron chi connectivity index (χ3n) is 4.17. The fraction of sp³-hybridized carbons (Fsp3) is 0.846. The number of amides is 1. The van der Waals surface area contributed by atoms with E-state index in [-0.39, 0.29) is 11.9 Å². The van der Waals surface area contributed by atoms with Crippen LogP contribution in [0.5, 0.6) is 0 Å². The summed E-state index contributed by atoms with van der Waals surface area (Å²) in [5.41, 5.74) is -0.948. The van der Waals surface area contributed by atoms with E-state index in [0.29, 0.717) is 19.4 Å². The Kier molecular flexibility index (Phi) is 3.90. The van der Waals surface area contributed by atoms with Crippen LogP contribution in [0.2, 0.25) is 0 Å². The molecule has 2 rings (SSSR count). The average Bonchev–Trinajstić information content (AvgIpc) is 2.98. The van der Waals surface area contributed by atoms with Gasteiger partial charge >= 0.3 is 5.97 Å². The van der Waals surface area contributed by atoms with E-state index in [2.05, 4.69) is 5.32 Å². The number of likely N-dealkylation sites (tertiary alicyclic amines) is 1. The van der Waals surface area contributed by atoms with Crippen molar-refractivity contribution < 1.29 is 14.7 Å². The lowest BCUT2D eigenvalue weighted by molar-refractivity contribution is -0.157. The van der Waals surface area contributed by atoms with Gasteiger partial charge in [-0.3, -0.25) is 4.79 Å². The molecule has 0 radical (unpaired) electrons. The lowest BCUT2D eigenvalue weighted by atomic mass is 9.90. The van der Waals surface area contributed by atoms with E-state index >= 15 is 0 Å². The highest BCUT2D eigenvalue weighted by molar-refractivity contribution is 5.90. The molecule has 2 aliphatic rings. The standard InChI is InChI=1S/C13H22N2O3/c1-2-6-13(12(17)18)7-4-9-15(13)11(16)10-5-3-8-14-10/h10,14H,2-9H2,1H3,(H,17,18). The minimum Gasteiger partial charge on any atom is -0.479 e. The predicted octanol–water partition coefficient (Wildman–Crippen LogP) is 0.984. The number of carboxylic acids is 1. The van der Waals surface area contributed by atoms with Gasteiger partial charge in [0.1, 0.15) is 5.54 Å². The Morgan fingerprint density at radius 1 is 1.44 bits per heavy atom. The van der Waals surface area contributed by atoms with Crippen molar-refractivity contribution in [2.45, 2.75) is 57.0 Å². The minimum atomic E-state index is -0.948. The van der Waals surface area contributed by atoms with Crippen LogP contribution in [0.1, 0.15) is 45.4 Å². The van der Waals surface area contributed by atoms with E-state index in [1.807, 2.05) is 6.92 Å². The molecule has 5 nitrogen and oxygen atoms in total. The summed E-state index contributed by atoms with van der Waals surface area (Å²) in [6, 6.07) is -0.168. The zero-order valence-corrected chi connectivity index (χ0v) is 10.9. The van der Waals surface area contributed by atoms with E-state index in [1.165, 1.54) is 0 Å². The van der Waals surface area contributed by atoms with Gasteiger partial charge in [0.25, 0.3) is 0 Å². The van der Waals surface area contributed by atoms with Crippen LogP contribution >= 0.6 is 0 Å². The highest BCUT2D eigenvalue weighted by Gasteiger charge is 2.50. The van der Waals surface area contributed by atoms with Crippen LogP contribution in [0.25, 0.3) is 0 Å². The zero-order valence-electron chi connectivity index (χ0n) is 10.9. The van der Waals surface area contributed by atoms with Gasteiger partial charge in [0.2, 0.25) is 5.91 Å². The zero-order chi connectivity index (χ0) is 13.2. The van der Waals surface area contributed by atoms with Gasteiger partial charge in [-0.05, 0) is 38.6 Å². The number of nitrogens with one attached hydrogen (secondary N) is 1. The van der Waals surface area contributed by atoms with Gasteiger partial charge in [-0.15, -0.1) is 0 Å². The average molecular weight is 254 g/mol. The molecule has 2 aliphatic heterocycles. The highest BCUT2D eigenvalue weighted by Crippen LogP contribution is 2.35. The molecule has 2 atom stereocenters. The molecule has 18 heavy (non-hydrogen) atoms. The molecule has 0 aromatic heterocycles. The molecule has 0 aliphatic carbocycles. The molecule has 5 heteroatoms. The molecule has 0 aromatic rings. The van der Waals surface area contributed by atoms with E-state index in [4.69, 9.17) is 0 Å². The van der Waals surface area contributed by atoms with Crippen LogP contribution in [0, 0.1) is 0 Å². The molecule has 0 bridgehead atoms. The highest BCUT2D eigenvalue weighted by atomic mass is 16.4. The van der Waals surface area contributed by atoms with Gasteiger partial charge < -0.3 is 15.3 Å². The quantitative estimate of drug-likeness (QED) is 0.785. The number of aliphatic carboxylic acids is 1. The summed E-state index contributed by atoms with van der Waals surface area (Å²) < 4.78 is 0. The molecule has 1 amide bonds. The first-order valence-electron chi connectivity index (χ1n) is 6.90. The Bertz CT molecular complexity index is 339. The second kappa shape index (κ2) is 5.26. The number of carbonyl (C=O) groups is 2. The van der Waals surface area contributed by atoms with Crippen molar-refractivity contribution in [3.63, 3.8) is 0 Å². The first-order chi connectivity index (χ1) is 8.62. The SMILES string of the molecule is CCCC1(C(=O)O)CCCN1C(=O)C1CCCN1. The van der Waals surface area contributed by atoms with E-state index in [0.717, 1.165) is 32.2 Å². The minimum absolute atomic E-state index is 0.0131. The number of carbonyl (C=O) groups excluding carboxylic acids is 1. The van der Waals surface area contributed by atoms with Crippen molar-refractivity contribution in [2.24, 2.45) is 0 Å². The van der Waals surface area contributed by atoms with Gasteiger partial charge in [0.15, 0.2) is 0 Å². The molecular formula is C13H22N2O3. The molecule has 2 fully saturated rings. The van der Waals surface area contributed by atoms with Crippen molar-refractivity contribution >= 4 is 11.9 Å². The summed E-state index contributed by atoms with van der Waals surface area (Å²) in [6.07, 6.45) is 4.56. The molecule has 2 saturated heterocycles. The Hall–Kier alpha value is -1.10. The summed E-state index contributed by atoms with van der Waals surface area (Å²) in [7, 11) is 0. The van der Waals surface area contributed by atoms with Gasteiger partial charge in [-0.25, -0.2) is 4.79 Å². The predicted molar refractivity (Wildman–Crippen MR) is 67.2 cm³/mol. The monoisotopic (exact) mass is 254 g/mol. The summed E-state index contributed by atoms with van der Waals surface area (Å²) in [5.74, 6) is -0.853. The van der Waals surface area contributed by atoms with Crippen LogP contribution < -0.4 is 5.32 Å². The van der Waals surface area contributed by atoms with Crippen molar-refractivity contribution in [3.8, 4) is 0 Å². The van der Waals surface area contributed by atoms with Gasteiger partial charge in [0.05, 0.1) is 6.04 Å². The number of hydrogen-bond donors (Lipinski definition) is 2. The fourth-order valence-corrected chi connectivity index (χ4v) is 3.29. The molecule has 2 N–H and O–H groups in total. The fourth-order valence-electron chi connectivity index (χ4n) is 3.29. The van der Waals surface area contributed by atoms with Gasteiger partial charge in [-0.1, -0.05) is 13.3 Å². The largest absolute Gasteiger partial charge is 0.479 e. The summed E-state index contributed by atoms with van der Waals surface area (Å²) in [6.45, 7) is 3.42. The molecular weight excluding hydrogens is 232 g/mol. The Morgan fingerprint density at radius 2 is 2.22 bits per heavy atom. The number of nitrogens with zero attached hydrogens (tertiary/aromatic N) is 1. The maximum absolute atomic E-state index is 12.4. The molecule has 2 unspecified atom stereocenters. The lowest BCUT2D eigenvalue weighted by Gasteiger charge is -2.36. The normalized spacial score (nSPS) is 31.8. The third-order valence-corrected chi connectivity index (χ3v) is 4.17. The van der Waals surface area contributed by atoms with Gasteiger partial charge in [-0.2, -0.15) is 0 Å². The second-order valence-electron chi connectivity index (χ2n) is 5.33. The van der Waals surface area contributed by atoms with Crippen molar-refractivity contribution in [2.75, 3.05) is 13.1 Å². The molecule has 0 spiro atoms. The van der Waals surface area contributed by atoms with Crippen LogP contribution in [0.4, 0.5) is 0 Å². The van der Waals surface area contributed by atoms with Crippen molar-refractivity contribution in [1.82, 2.24) is 10.2 Å².